The van der Waals surface area contributed by atoms with Crippen LogP contribution in [0.3, 0.4) is 0 Å². The molecule has 0 saturated heterocycles. The van der Waals surface area contributed by atoms with Gasteiger partial charge in [0.1, 0.15) is 5.75 Å². The zero-order chi connectivity index (χ0) is 14.3. The number of hydrogen-bond donors (Lipinski definition) is 0. The zero-order valence-electron chi connectivity index (χ0n) is 11.4. The van der Waals surface area contributed by atoms with Crippen LogP contribution in [0.2, 0.25) is 0 Å². The van der Waals surface area contributed by atoms with E-state index >= 15 is 0 Å². The molecule has 5 heteroatoms. The van der Waals surface area contributed by atoms with E-state index in [1.807, 2.05) is 25.1 Å². The van der Waals surface area contributed by atoms with Gasteiger partial charge in [0, 0.05) is 10.7 Å². The number of aryl methyl sites for hydroxylation is 1. The van der Waals surface area contributed by atoms with Gasteiger partial charge in [-0.25, -0.2) is 8.42 Å². The van der Waals surface area contributed by atoms with Gasteiger partial charge in [-0.15, -0.1) is 0 Å². The van der Waals surface area contributed by atoms with Crippen LogP contribution in [-0.4, -0.2) is 20.8 Å². The lowest BCUT2D eigenvalue weighted by molar-refractivity contribution is 0.279. The lowest BCUT2D eigenvalue weighted by Gasteiger charge is -2.13. The predicted octanol–water partition coefficient (Wildman–Crippen LogP) is 3.61. The first-order chi connectivity index (χ1) is 8.92. The van der Waals surface area contributed by atoms with Crippen molar-refractivity contribution in [2.75, 3.05) is 12.4 Å². The minimum absolute atomic E-state index is 0.0290. The molecule has 0 spiro atoms. The van der Waals surface area contributed by atoms with Crippen molar-refractivity contribution in [2.24, 2.45) is 5.92 Å². The van der Waals surface area contributed by atoms with E-state index in [0.717, 1.165) is 18.6 Å². The fourth-order valence-corrected chi connectivity index (χ4v) is 2.74. The summed E-state index contributed by atoms with van der Waals surface area (Å²) in [7, 11) is 1.81. The largest absolute Gasteiger partial charge is 0.493 e. The quantitative estimate of drug-likeness (QED) is 0.689. The first kappa shape index (κ1) is 16.3. The second-order valence-electron chi connectivity index (χ2n) is 4.74. The Kier molecular flexibility index (Phi) is 6.66. The second-order valence-corrected chi connectivity index (χ2v) is 7.63. The van der Waals surface area contributed by atoms with E-state index in [-0.39, 0.29) is 11.7 Å². The van der Waals surface area contributed by atoms with E-state index in [1.165, 1.54) is 5.56 Å². The van der Waals surface area contributed by atoms with Crippen LogP contribution in [0.25, 0.3) is 0 Å². The van der Waals surface area contributed by atoms with Gasteiger partial charge in [-0.3, -0.25) is 0 Å². The average Bonchev–Trinajstić information content (AvgIpc) is 2.36. The zero-order valence-corrected chi connectivity index (χ0v) is 13.0. The van der Waals surface area contributed by atoms with Gasteiger partial charge in [-0.2, -0.15) is 0 Å². The maximum Gasteiger partial charge on any atom is 0.232 e. The van der Waals surface area contributed by atoms with Gasteiger partial charge >= 0.3 is 0 Å². The standard InChI is InChI=1S/C14H21ClO3S/c1-3-13-6-4-5-7-14(13)18-10-8-12(2)9-11-19(15,16)17/h4-7,12H,3,8-11H2,1-2H3. The summed E-state index contributed by atoms with van der Waals surface area (Å²) in [4.78, 5) is 0. The molecule has 0 radical (unpaired) electrons. The maximum absolute atomic E-state index is 10.8. The van der Waals surface area contributed by atoms with Crippen LogP contribution in [0.1, 0.15) is 32.3 Å². The highest BCUT2D eigenvalue weighted by atomic mass is 35.7. The molecule has 3 nitrogen and oxygen atoms in total. The van der Waals surface area contributed by atoms with Crippen LogP contribution in [0.15, 0.2) is 24.3 Å². The molecule has 108 valence electrons. The summed E-state index contributed by atoms with van der Waals surface area (Å²) in [6.07, 6.45) is 2.34. The number of ether oxygens (including phenoxy) is 1. The van der Waals surface area contributed by atoms with Crippen LogP contribution in [0.5, 0.6) is 5.75 Å². The van der Waals surface area contributed by atoms with Gasteiger partial charge in [0.05, 0.1) is 12.4 Å². The molecule has 0 amide bonds. The molecule has 0 heterocycles. The molecule has 0 bridgehead atoms. The first-order valence-corrected chi connectivity index (χ1v) is 9.03. The Morgan fingerprint density at radius 2 is 1.95 bits per heavy atom. The highest BCUT2D eigenvalue weighted by Gasteiger charge is 2.10. The summed E-state index contributed by atoms with van der Waals surface area (Å²) in [5.74, 6) is 1.23. The van der Waals surface area contributed by atoms with E-state index in [2.05, 4.69) is 13.0 Å². The first-order valence-electron chi connectivity index (χ1n) is 6.55. The summed E-state index contributed by atoms with van der Waals surface area (Å²) in [6.45, 7) is 4.70. The Morgan fingerprint density at radius 1 is 1.26 bits per heavy atom. The smallest absolute Gasteiger partial charge is 0.232 e. The van der Waals surface area contributed by atoms with Gasteiger partial charge in [0.25, 0.3) is 0 Å². The van der Waals surface area contributed by atoms with Gasteiger partial charge in [-0.1, -0.05) is 32.0 Å². The lowest BCUT2D eigenvalue weighted by atomic mass is 10.1. The normalized spacial score (nSPS) is 13.2. The number of halogens is 1. The molecule has 1 atom stereocenters. The van der Waals surface area contributed by atoms with Crippen molar-refractivity contribution >= 4 is 19.7 Å². The molecular formula is C14H21ClO3S. The molecule has 0 aliphatic heterocycles. The average molecular weight is 305 g/mol. The molecule has 0 aliphatic rings. The summed E-state index contributed by atoms with van der Waals surface area (Å²) in [6, 6.07) is 7.98. The molecule has 0 aromatic heterocycles. The molecule has 1 aromatic carbocycles. The van der Waals surface area contributed by atoms with Crippen molar-refractivity contribution in [3.05, 3.63) is 29.8 Å². The summed E-state index contributed by atoms with van der Waals surface area (Å²) in [5, 5.41) is 0. The van der Waals surface area contributed by atoms with E-state index in [4.69, 9.17) is 15.4 Å². The minimum Gasteiger partial charge on any atom is -0.493 e. The summed E-state index contributed by atoms with van der Waals surface area (Å²) in [5.41, 5.74) is 1.19. The second kappa shape index (κ2) is 7.75. The van der Waals surface area contributed by atoms with Crippen LogP contribution < -0.4 is 4.74 Å². The molecule has 0 saturated carbocycles. The number of benzene rings is 1. The molecule has 0 fully saturated rings. The fraction of sp³-hybridized carbons (Fsp3) is 0.571. The third-order valence-corrected chi connectivity index (χ3v) is 4.26. The SMILES string of the molecule is CCc1ccccc1OCCC(C)CCS(=O)(=O)Cl. The highest BCUT2D eigenvalue weighted by molar-refractivity contribution is 8.13. The Bertz CT molecular complexity index is 485. The predicted molar refractivity (Wildman–Crippen MR) is 79.4 cm³/mol. The van der Waals surface area contributed by atoms with Gasteiger partial charge in [-0.05, 0) is 36.8 Å². The Hall–Kier alpha value is -0.740. The van der Waals surface area contributed by atoms with Crippen molar-refractivity contribution in [3.63, 3.8) is 0 Å². The van der Waals surface area contributed by atoms with Crippen LogP contribution >= 0.6 is 10.7 Å². The number of hydrogen-bond acceptors (Lipinski definition) is 3. The monoisotopic (exact) mass is 304 g/mol. The van der Waals surface area contributed by atoms with Gasteiger partial charge in [0.2, 0.25) is 9.05 Å². The van der Waals surface area contributed by atoms with Crippen molar-refractivity contribution in [1.82, 2.24) is 0 Å². The van der Waals surface area contributed by atoms with E-state index in [1.54, 1.807) is 0 Å². The van der Waals surface area contributed by atoms with Crippen LogP contribution in [0, 0.1) is 5.92 Å². The topological polar surface area (TPSA) is 43.4 Å². The minimum atomic E-state index is -3.38. The molecular weight excluding hydrogens is 284 g/mol. The highest BCUT2D eigenvalue weighted by Crippen LogP contribution is 2.19. The van der Waals surface area contributed by atoms with Crippen LogP contribution in [0.4, 0.5) is 0 Å². The van der Waals surface area contributed by atoms with Gasteiger partial charge < -0.3 is 4.74 Å². The van der Waals surface area contributed by atoms with E-state index in [0.29, 0.717) is 13.0 Å². The molecule has 0 aliphatic carbocycles. The molecule has 19 heavy (non-hydrogen) atoms. The van der Waals surface area contributed by atoms with Crippen molar-refractivity contribution in [1.29, 1.82) is 0 Å². The Balaban J connectivity index is 2.33. The molecule has 1 rings (SSSR count). The molecule has 1 aromatic rings. The Morgan fingerprint density at radius 3 is 2.58 bits per heavy atom. The molecule has 0 N–H and O–H groups in total. The maximum atomic E-state index is 10.8. The number of para-hydroxylation sites is 1. The van der Waals surface area contributed by atoms with Gasteiger partial charge in [0.15, 0.2) is 0 Å². The lowest BCUT2D eigenvalue weighted by Crippen LogP contribution is -2.09. The number of rotatable bonds is 8. The summed E-state index contributed by atoms with van der Waals surface area (Å²) >= 11 is 0. The Labute approximate surface area is 120 Å². The third-order valence-electron chi connectivity index (χ3n) is 3.08. The molecule has 1 unspecified atom stereocenters. The van der Waals surface area contributed by atoms with E-state index < -0.39 is 9.05 Å². The summed E-state index contributed by atoms with van der Waals surface area (Å²) < 4.78 is 27.4. The van der Waals surface area contributed by atoms with Crippen molar-refractivity contribution in [2.45, 2.75) is 33.1 Å². The van der Waals surface area contributed by atoms with Crippen molar-refractivity contribution in [3.8, 4) is 5.75 Å². The van der Waals surface area contributed by atoms with E-state index in [9.17, 15) is 8.42 Å². The fourth-order valence-electron chi connectivity index (χ4n) is 1.79. The van der Waals surface area contributed by atoms with Crippen molar-refractivity contribution < 1.29 is 13.2 Å². The third kappa shape index (κ3) is 6.83. The van der Waals surface area contributed by atoms with Crippen LogP contribution in [-0.2, 0) is 15.5 Å².